The smallest absolute Gasteiger partial charge is 0.336 e. The van der Waals surface area contributed by atoms with E-state index in [1.165, 1.54) is 5.57 Å². The van der Waals surface area contributed by atoms with E-state index in [0.717, 1.165) is 36.2 Å². The lowest BCUT2D eigenvalue weighted by Crippen LogP contribution is -2.61. The Morgan fingerprint density at radius 1 is 1.22 bits per heavy atom. The molecular formula is C28H34N2O6. The highest BCUT2D eigenvalue weighted by Crippen LogP contribution is 2.67. The molecule has 4 aliphatic carbocycles. The highest BCUT2D eigenvalue weighted by Gasteiger charge is 2.68. The molecule has 1 aromatic heterocycles. The number of benzene rings is 1. The van der Waals surface area contributed by atoms with Crippen molar-refractivity contribution >= 4 is 12.0 Å². The number of carbonyl (C=O) groups is 1. The second-order valence-corrected chi connectivity index (χ2v) is 11.9. The van der Waals surface area contributed by atoms with E-state index < -0.39 is 29.4 Å². The third-order valence-corrected chi connectivity index (χ3v) is 10.3. The summed E-state index contributed by atoms with van der Waals surface area (Å²) in [7, 11) is 0. The molecule has 36 heavy (non-hydrogen) atoms. The number of carboxylic acid groups (broad SMARTS) is 1. The van der Waals surface area contributed by atoms with Crippen LogP contribution >= 0.6 is 0 Å². The maximum absolute atomic E-state index is 12.1. The van der Waals surface area contributed by atoms with Gasteiger partial charge in [-0.3, -0.25) is 0 Å². The number of aliphatic hydroxyl groups is 4. The van der Waals surface area contributed by atoms with Gasteiger partial charge in [-0.15, -0.1) is 0 Å². The molecule has 0 aliphatic heterocycles. The number of nitrogens with zero attached hydrogens (tertiary/aromatic N) is 2. The van der Waals surface area contributed by atoms with E-state index in [2.05, 4.69) is 18.1 Å². The van der Waals surface area contributed by atoms with E-state index in [4.69, 9.17) is 0 Å². The molecule has 3 fully saturated rings. The predicted octanol–water partition coefficient (Wildman–Crippen LogP) is 2.82. The highest BCUT2D eigenvalue weighted by atomic mass is 16.5. The number of fused-ring (bicyclic) bond motifs is 6. The summed E-state index contributed by atoms with van der Waals surface area (Å²) in [5.74, 6) is -0.986. The predicted molar refractivity (Wildman–Crippen MR) is 131 cm³/mol. The number of aliphatic hydroxyl groups excluding tert-OH is 2. The minimum Gasteiger partial charge on any atom is -0.479 e. The Labute approximate surface area is 209 Å². The number of allylic oxidation sites excluding steroid dienone is 1. The first-order valence-electron chi connectivity index (χ1n) is 12.9. The molecule has 0 bridgehead atoms. The van der Waals surface area contributed by atoms with Gasteiger partial charge in [0, 0.05) is 11.0 Å². The van der Waals surface area contributed by atoms with Crippen LogP contribution in [0.5, 0.6) is 0 Å². The van der Waals surface area contributed by atoms with Gasteiger partial charge in [-0.2, -0.15) is 5.10 Å². The van der Waals surface area contributed by atoms with Crippen LogP contribution in [0.1, 0.15) is 69.1 Å². The summed E-state index contributed by atoms with van der Waals surface area (Å²) in [5, 5.41) is 56.4. The van der Waals surface area contributed by atoms with Crippen LogP contribution in [-0.2, 0) is 11.2 Å². The number of aliphatic carboxylic acids is 1. The van der Waals surface area contributed by atoms with Crippen LogP contribution in [-0.4, -0.2) is 53.0 Å². The van der Waals surface area contributed by atoms with Crippen molar-refractivity contribution < 1.29 is 30.3 Å². The number of rotatable bonds is 3. The molecule has 0 unspecified atom stereocenters. The topological polar surface area (TPSA) is 136 Å². The van der Waals surface area contributed by atoms with Gasteiger partial charge in [0.2, 0.25) is 0 Å². The minimum atomic E-state index is -1.79. The molecule has 0 spiro atoms. The molecule has 1 heterocycles. The lowest BCUT2D eigenvalue weighted by atomic mass is 9.45. The summed E-state index contributed by atoms with van der Waals surface area (Å²) in [5.41, 5.74) is 1.55. The molecule has 3 saturated carbocycles. The Bertz CT molecular complexity index is 1270. The Hall–Kier alpha value is -2.52. The molecule has 1 aromatic carbocycles. The largest absolute Gasteiger partial charge is 0.479 e. The summed E-state index contributed by atoms with van der Waals surface area (Å²) >= 11 is 0. The number of carboxylic acids is 1. The Morgan fingerprint density at radius 2 is 2.00 bits per heavy atom. The monoisotopic (exact) mass is 494 g/mol. The fraction of sp³-hybridized carbons (Fsp3) is 0.571. The van der Waals surface area contributed by atoms with Gasteiger partial charge in [-0.05, 0) is 85.5 Å². The molecular weight excluding hydrogens is 460 g/mol. The van der Waals surface area contributed by atoms with Gasteiger partial charge in [0.15, 0.2) is 11.9 Å². The standard InChI is InChI=1S/C28H34N2O6/c1-26-12-16-14-29-30(18-5-3-4-15(10-18)24(32)33)21(16)11-17(26)6-7-19-20-8-9-28(36,25(34)35)27(20,2)13-22(31)23(19)26/h3-5,10-11,14,19-20,22-24,31-33,36H,6-9,12-13H2,1-2H3,(H,34,35)/t19-,20-,22-,23+,26-,27-,28-/m0/s1. The fourth-order valence-electron chi connectivity index (χ4n) is 8.56. The third kappa shape index (κ3) is 3.02. The number of aromatic nitrogens is 2. The van der Waals surface area contributed by atoms with Crippen LogP contribution in [0.3, 0.4) is 0 Å². The van der Waals surface area contributed by atoms with Crippen molar-refractivity contribution in [2.45, 2.75) is 70.4 Å². The molecule has 8 heteroatoms. The highest BCUT2D eigenvalue weighted by molar-refractivity contribution is 5.79. The van der Waals surface area contributed by atoms with Crippen molar-refractivity contribution in [1.29, 1.82) is 0 Å². The van der Waals surface area contributed by atoms with Crippen molar-refractivity contribution in [2.75, 3.05) is 0 Å². The van der Waals surface area contributed by atoms with Crippen LogP contribution in [0.2, 0.25) is 0 Å². The van der Waals surface area contributed by atoms with E-state index in [1.54, 1.807) is 18.2 Å². The van der Waals surface area contributed by atoms with Crippen molar-refractivity contribution in [3.05, 3.63) is 52.9 Å². The second kappa shape index (κ2) is 7.74. The molecule has 7 atom stereocenters. The molecule has 192 valence electrons. The first kappa shape index (κ1) is 23.9. The lowest BCUT2D eigenvalue weighted by molar-refractivity contribution is -0.193. The quantitative estimate of drug-likeness (QED) is 0.414. The first-order valence-corrected chi connectivity index (χ1v) is 12.9. The summed E-state index contributed by atoms with van der Waals surface area (Å²) in [4.78, 5) is 12.1. The minimum absolute atomic E-state index is 0.0175. The average Bonchev–Trinajstić information content (AvgIpc) is 3.35. The van der Waals surface area contributed by atoms with Crippen molar-refractivity contribution in [1.82, 2.24) is 9.78 Å². The summed E-state index contributed by atoms with van der Waals surface area (Å²) < 4.78 is 1.83. The van der Waals surface area contributed by atoms with Crippen LogP contribution < -0.4 is 0 Å². The van der Waals surface area contributed by atoms with Crippen molar-refractivity contribution in [2.24, 2.45) is 28.6 Å². The maximum Gasteiger partial charge on any atom is 0.336 e. The van der Waals surface area contributed by atoms with E-state index in [9.17, 15) is 30.3 Å². The molecule has 0 amide bonds. The van der Waals surface area contributed by atoms with Gasteiger partial charge >= 0.3 is 5.97 Å². The average molecular weight is 495 g/mol. The first-order chi connectivity index (χ1) is 17.0. The zero-order valence-corrected chi connectivity index (χ0v) is 20.6. The molecule has 0 saturated heterocycles. The van der Waals surface area contributed by atoms with Crippen LogP contribution in [0.4, 0.5) is 0 Å². The van der Waals surface area contributed by atoms with E-state index >= 15 is 0 Å². The van der Waals surface area contributed by atoms with Gasteiger partial charge < -0.3 is 25.5 Å². The Morgan fingerprint density at radius 3 is 2.72 bits per heavy atom. The lowest BCUT2D eigenvalue weighted by Gasteiger charge is -2.60. The van der Waals surface area contributed by atoms with E-state index in [1.807, 2.05) is 23.9 Å². The fourth-order valence-corrected chi connectivity index (χ4v) is 8.56. The van der Waals surface area contributed by atoms with Crippen molar-refractivity contribution in [3.63, 3.8) is 0 Å². The van der Waals surface area contributed by atoms with Gasteiger partial charge in [0.1, 0.15) is 0 Å². The van der Waals surface area contributed by atoms with E-state index in [0.29, 0.717) is 12.0 Å². The zero-order valence-electron chi connectivity index (χ0n) is 20.6. The van der Waals surface area contributed by atoms with Gasteiger partial charge in [0.25, 0.3) is 0 Å². The SMILES string of the molecule is C[C@]12Cc3cnn(-c4cccc(C(O)O)c4)c3C=C1CC[C@@H]1[C@@H]2[C@@H](O)C[C@@]2(C)[C@H]1CC[C@]2(O)C(=O)O. The summed E-state index contributed by atoms with van der Waals surface area (Å²) in [6.45, 7) is 4.09. The van der Waals surface area contributed by atoms with Gasteiger partial charge in [0.05, 0.1) is 23.7 Å². The van der Waals surface area contributed by atoms with Crippen LogP contribution in [0.25, 0.3) is 11.8 Å². The van der Waals surface area contributed by atoms with Crippen LogP contribution in [0.15, 0.2) is 36.0 Å². The molecule has 6 rings (SSSR count). The summed E-state index contributed by atoms with van der Waals surface area (Å²) in [6.07, 6.45) is 5.40. The molecule has 5 N–H and O–H groups in total. The molecule has 4 aliphatic rings. The van der Waals surface area contributed by atoms with Gasteiger partial charge in [-0.1, -0.05) is 31.6 Å². The number of hydrogen-bond acceptors (Lipinski definition) is 6. The van der Waals surface area contributed by atoms with Gasteiger partial charge in [-0.25, -0.2) is 9.48 Å². The van der Waals surface area contributed by atoms with Crippen molar-refractivity contribution in [3.8, 4) is 5.69 Å². The second-order valence-electron chi connectivity index (χ2n) is 11.9. The Kier molecular flexibility index (Phi) is 5.13. The maximum atomic E-state index is 12.1. The normalized spacial score (nSPS) is 39.1. The van der Waals surface area contributed by atoms with E-state index in [-0.39, 0.29) is 36.0 Å². The molecule has 0 radical (unpaired) electrons. The molecule has 2 aromatic rings. The summed E-state index contributed by atoms with van der Waals surface area (Å²) in [6, 6.07) is 7.04. The van der Waals surface area contributed by atoms with Crippen LogP contribution in [0, 0.1) is 28.6 Å². The molecule has 8 nitrogen and oxygen atoms in total. The Balaban J connectivity index is 1.37. The third-order valence-electron chi connectivity index (χ3n) is 10.3. The number of hydrogen-bond donors (Lipinski definition) is 5. The zero-order chi connectivity index (χ0) is 25.6.